The molecule has 421 valence electrons. The zero-order chi connectivity index (χ0) is 54.3. The topological polar surface area (TPSA) is 111 Å². The van der Waals surface area contributed by atoms with Crippen LogP contribution in [0.25, 0.3) is 0 Å². The van der Waals surface area contributed by atoms with Crippen molar-refractivity contribution >= 4 is 79.0 Å². The van der Waals surface area contributed by atoms with Crippen LogP contribution >= 0.6 is 15.8 Å². The Labute approximate surface area is 482 Å². The van der Waals surface area contributed by atoms with Crippen LogP contribution in [-0.4, -0.2) is 51.6 Å². The summed E-state index contributed by atoms with van der Waals surface area (Å²) >= 11 is 0. The average molecular weight is 1210 g/mol. The summed E-state index contributed by atoms with van der Waals surface area (Å²) in [5.41, 5.74) is 7.52. The number of carbonyl (C=O) groups excluding carboxylic acids is 4. The normalized spacial score (nSPS) is 13.9. The van der Waals surface area contributed by atoms with E-state index in [1.54, 1.807) is 17.5 Å². The first kappa shape index (κ1) is 70.7. The van der Waals surface area contributed by atoms with Crippen molar-refractivity contribution in [1.82, 2.24) is 10.6 Å². The third-order valence-corrected chi connectivity index (χ3v) is 18.3. The van der Waals surface area contributed by atoms with E-state index in [1.807, 2.05) is 0 Å². The molecule has 0 spiro atoms. The minimum Gasteiger partial charge on any atom is -1.00 e. The molecule has 0 aromatic heterocycles. The first-order chi connectivity index (χ1) is 36.1. The van der Waals surface area contributed by atoms with Gasteiger partial charge in [0.1, 0.15) is 43.6 Å². The van der Waals surface area contributed by atoms with Gasteiger partial charge in [-0.3, -0.25) is 22.5 Å². The molecule has 8 nitrogen and oxygen atoms in total. The van der Waals surface area contributed by atoms with E-state index in [4.69, 9.17) is 0 Å². The number of halogens is 4. The zero-order valence-electron chi connectivity index (χ0n) is 46.3. The molecule has 79 heavy (non-hydrogen) atoms. The van der Waals surface area contributed by atoms with Gasteiger partial charge in [0, 0.05) is 13.8 Å². The number of rotatable bonds is 11. The van der Waals surface area contributed by atoms with Crippen LogP contribution in [0.2, 0.25) is 0 Å². The van der Waals surface area contributed by atoms with Gasteiger partial charge in [-0.1, -0.05) is 129 Å². The van der Waals surface area contributed by atoms with E-state index in [9.17, 15) is 32.1 Å². The molecule has 0 fully saturated rings. The maximum Gasteiger partial charge on any atom is 2.00 e. The van der Waals surface area contributed by atoms with Crippen molar-refractivity contribution in [2.75, 3.05) is 14.2 Å². The van der Waals surface area contributed by atoms with Crippen LogP contribution in [0.4, 0.5) is 12.9 Å². The summed E-state index contributed by atoms with van der Waals surface area (Å²) in [7, 11) is -3.45. The number of amides is 2. The number of hydrogen-bond acceptors (Lipinski definition) is 6. The molecular weight excluding hydrogens is 1130 g/mol. The Balaban J connectivity index is 0.000000727. The van der Waals surface area contributed by atoms with Gasteiger partial charge in [0.15, 0.2) is 0 Å². The Morgan fingerprint density at radius 3 is 1.37 bits per heavy atom. The summed E-state index contributed by atoms with van der Waals surface area (Å²) in [6.07, 6.45) is 15.9. The van der Waals surface area contributed by atoms with Crippen LogP contribution in [0.3, 0.4) is 0 Å². The fourth-order valence-corrected chi connectivity index (χ4v) is 14.9. The molecule has 16 heteroatoms. The van der Waals surface area contributed by atoms with Crippen molar-refractivity contribution in [3.05, 3.63) is 231 Å². The van der Waals surface area contributed by atoms with Crippen molar-refractivity contribution in [1.29, 1.82) is 0 Å². The molecule has 0 unspecified atom stereocenters. The number of ether oxygens (including phenoxy) is 2. The predicted octanol–water partition coefficient (Wildman–Crippen LogP) is 7.14. The minimum absolute atomic E-state index is 0. The van der Waals surface area contributed by atoms with Crippen LogP contribution in [0.5, 0.6) is 0 Å². The second-order valence-electron chi connectivity index (χ2n) is 18.0. The number of carbonyl (C=O) groups is 4. The van der Waals surface area contributed by atoms with Crippen molar-refractivity contribution in [2.45, 2.75) is 72.3 Å². The Morgan fingerprint density at radius 2 is 1.01 bits per heavy atom. The number of hydrogen-bond donors (Lipinski definition) is 2. The molecule has 6 aromatic carbocycles. The second kappa shape index (κ2) is 36.8. The Kier molecular flexibility index (Phi) is 32.9. The maximum atomic E-state index is 10.6. The van der Waals surface area contributed by atoms with Gasteiger partial charge in [-0.2, -0.15) is 0 Å². The first-order valence-corrected chi connectivity index (χ1v) is 28.0. The molecular formula is C63H74BF4N2O6P2Rh+. The molecule has 6 aliphatic rings. The van der Waals surface area contributed by atoms with Crippen LogP contribution < -0.4 is 47.2 Å². The van der Waals surface area contributed by atoms with E-state index in [0.717, 1.165) is 43.9 Å². The molecule has 0 saturated heterocycles. The van der Waals surface area contributed by atoms with Crippen LogP contribution in [0.15, 0.2) is 188 Å². The summed E-state index contributed by atoms with van der Waals surface area (Å²) < 4.78 is 37.6. The molecule has 6 aromatic rings. The minimum atomic E-state index is -3.67. The summed E-state index contributed by atoms with van der Waals surface area (Å²) in [4.78, 5) is 41.8. The first-order valence-electron chi connectivity index (χ1n) is 25.0. The fraction of sp³-hybridized carbons (Fsp3) is 0.238. The van der Waals surface area contributed by atoms with Gasteiger partial charge in [-0.15, -0.1) is 0 Å². The largest absolute Gasteiger partial charge is 2.00 e. The Bertz CT molecular complexity index is 2780. The molecule has 0 aliphatic heterocycles. The standard InChI is InChI=1S/C42H38P2.C7H8.C6H11NO3.C6H9NO3.2CH3.BF3.FH.Rh/c1-2-33-30-36-26-24-32-23-25-34(41(29-32)43(37-15-7-3-8-16-37)38-17-9-4-10-18-38)27-28-35(33)31-42(36)44(39-19-11-5-12-20-39)40-21-13-6-14-22-40;1-2-7-4-3-6(1)5-7;2*1-4(6(9)10-3)7-5(2)8;;;2-1(3)4;;/h3-23,25,29-31H,2,24,26-28H2,1H3;1-4,6-7H,5H2;4H,1-3H3,(H,7,8);1H2,2-3H3,(H,7,8);2*1H3;;1H;/q;;;;2*-1;;;+2/p+1/t;;4-;;;;;;/m..0....../s1. The van der Waals surface area contributed by atoms with Gasteiger partial charge < -0.3 is 39.7 Å². The maximum absolute atomic E-state index is 10.6. The monoisotopic (exact) mass is 1210 g/mol. The van der Waals surface area contributed by atoms with Gasteiger partial charge in [0.2, 0.25) is 11.8 Å². The van der Waals surface area contributed by atoms with Crippen molar-refractivity contribution in [3.63, 3.8) is 0 Å². The summed E-state index contributed by atoms with van der Waals surface area (Å²) in [5.74, 6) is -0.0197. The molecule has 1 atom stereocenters. The Morgan fingerprint density at radius 1 is 0.608 bits per heavy atom. The number of benzene rings is 6. The fourth-order valence-electron chi connectivity index (χ4n) is 9.15. The molecule has 0 heterocycles. The zero-order valence-corrected chi connectivity index (χ0v) is 49.9. The van der Waals surface area contributed by atoms with E-state index < -0.39 is 41.4 Å². The number of allylic oxidation sites excluding steroid dienone is 4. The number of fused-ring (bicyclic) bond motifs is 2. The SMILES string of the molecule is C1=CC2C=CC1C2.C=C(NC(C)=O)C(=O)OC.CCc1cc2c([PH+](c3ccccc3)c3ccccc3)cc1CCc1ccc(cc1[PH+](c1ccccc1)c1ccccc1)CC2.COC(=O)[C@H](C)NC(C)=O.FB(F)F.[CH3-].[CH3-].[F-].[Rh+2]. The van der Waals surface area contributed by atoms with E-state index in [-0.39, 0.29) is 56.5 Å². The van der Waals surface area contributed by atoms with Gasteiger partial charge in [0.25, 0.3) is 0 Å². The quantitative estimate of drug-likeness (QED) is 0.0272. The van der Waals surface area contributed by atoms with Crippen LogP contribution in [0, 0.1) is 26.7 Å². The van der Waals surface area contributed by atoms with Gasteiger partial charge in [-0.05, 0) is 146 Å². The average Bonchev–Trinajstić information content (AvgIpc) is 4.08. The summed E-state index contributed by atoms with van der Waals surface area (Å²) in [5, 5.41) is 13.6. The van der Waals surface area contributed by atoms with E-state index in [0.29, 0.717) is 0 Å². The van der Waals surface area contributed by atoms with Crippen LogP contribution in [-0.2, 0) is 80.2 Å². The number of esters is 2. The summed E-state index contributed by atoms with van der Waals surface area (Å²) in [6, 6.07) is 57.2. The molecule has 1 radical (unpaired) electrons. The van der Waals surface area contributed by atoms with Gasteiger partial charge in [-0.25, -0.2) is 9.59 Å². The second-order valence-corrected chi connectivity index (χ2v) is 22.9. The third-order valence-electron chi connectivity index (χ3n) is 12.6. The molecule has 2 amide bonds. The van der Waals surface area contributed by atoms with Gasteiger partial charge in [0.05, 0.1) is 30.1 Å². The van der Waals surface area contributed by atoms with Crippen LogP contribution in [0.1, 0.15) is 61.9 Å². The predicted molar refractivity (Wildman–Crippen MR) is 319 cm³/mol. The van der Waals surface area contributed by atoms with Crippen molar-refractivity contribution in [2.24, 2.45) is 11.8 Å². The van der Waals surface area contributed by atoms with E-state index in [2.05, 4.69) is 210 Å². The summed E-state index contributed by atoms with van der Waals surface area (Å²) in [6.45, 7) is 9.79. The van der Waals surface area contributed by atoms with E-state index >= 15 is 0 Å². The third kappa shape index (κ3) is 22.4. The van der Waals surface area contributed by atoms with E-state index in [1.165, 1.54) is 83.5 Å². The Hall–Kier alpha value is -6.31. The van der Waals surface area contributed by atoms with Crippen molar-refractivity contribution in [3.8, 4) is 0 Å². The molecule has 2 N–H and O–H groups in total. The molecule has 0 saturated carbocycles. The number of methoxy groups -OCH3 is 2. The van der Waals surface area contributed by atoms with Gasteiger partial charge >= 0.3 is 39.0 Å². The number of aryl methyl sites for hydroxylation is 5. The van der Waals surface area contributed by atoms with Crippen molar-refractivity contribution < 1.29 is 65.8 Å². The molecule has 6 aliphatic carbocycles. The molecule has 6 bridgehead atoms. The number of nitrogens with one attached hydrogen (secondary N) is 2. The smallest absolute Gasteiger partial charge is 1.00 e. The molecule has 12 rings (SSSR count).